The average Bonchev–Trinajstić information content (AvgIpc) is 3.15. The van der Waals surface area contributed by atoms with Gasteiger partial charge in [0.15, 0.2) is 0 Å². The molecule has 1 fully saturated rings. The molecule has 4 rings (SSSR count). The number of rotatable bonds is 2. The zero-order valence-corrected chi connectivity index (χ0v) is 12.7. The van der Waals surface area contributed by atoms with Crippen molar-refractivity contribution < 1.29 is 4.79 Å². The number of ketones is 1. The molecule has 0 aromatic carbocycles. The van der Waals surface area contributed by atoms with Gasteiger partial charge in [-0.3, -0.25) is 14.3 Å². The molecule has 1 N–H and O–H groups in total. The highest BCUT2D eigenvalue weighted by molar-refractivity contribution is 7.08. The maximum atomic E-state index is 12.3. The van der Waals surface area contributed by atoms with Gasteiger partial charge in [0.25, 0.3) is 5.56 Å². The van der Waals surface area contributed by atoms with Gasteiger partial charge in [0, 0.05) is 30.0 Å². The van der Waals surface area contributed by atoms with Crippen molar-refractivity contribution in [2.45, 2.75) is 31.7 Å². The molecular weight excluding hydrogens is 298 g/mol. The van der Waals surface area contributed by atoms with Gasteiger partial charge in [0.2, 0.25) is 0 Å². The Morgan fingerprint density at radius 1 is 1.23 bits per heavy atom. The summed E-state index contributed by atoms with van der Waals surface area (Å²) in [6, 6.07) is 4.07. The number of aromatic amines is 1. The van der Waals surface area contributed by atoms with Crippen LogP contribution in [0.15, 0.2) is 33.9 Å². The Morgan fingerprint density at radius 2 is 2.05 bits per heavy atom. The topological polar surface area (TPSA) is 67.8 Å². The highest BCUT2D eigenvalue weighted by Crippen LogP contribution is 2.33. The number of thiophene rings is 1. The van der Waals surface area contributed by atoms with E-state index in [2.05, 4.69) is 4.98 Å². The quantitative estimate of drug-likeness (QED) is 0.790. The molecule has 3 aromatic rings. The largest absolute Gasteiger partial charge is 0.328 e. The van der Waals surface area contributed by atoms with Crippen LogP contribution < -0.4 is 5.56 Å². The van der Waals surface area contributed by atoms with Gasteiger partial charge in [-0.25, -0.2) is 0 Å². The van der Waals surface area contributed by atoms with E-state index in [0.29, 0.717) is 24.0 Å². The summed E-state index contributed by atoms with van der Waals surface area (Å²) >= 11 is 1.59. The summed E-state index contributed by atoms with van der Waals surface area (Å²) in [5.74, 6) is 0.323. The van der Waals surface area contributed by atoms with E-state index in [1.807, 2.05) is 27.6 Å². The molecule has 1 saturated carbocycles. The van der Waals surface area contributed by atoms with E-state index < -0.39 is 0 Å². The first-order valence-electron chi connectivity index (χ1n) is 7.38. The Hall–Kier alpha value is -2.21. The monoisotopic (exact) mass is 313 g/mol. The van der Waals surface area contributed by atoms with Gasteiger partial charge in [-0.05, 0) is 30.4 Å². The number of hydrogen-bond donors (Lipinski definition) is 1. The molecule has 6 heteroatoms. The molecule has 1 aliphatic rings. The molecule has 5 nitrogen and oxygen atoms in total. The lowest BCUT2D eigenvalue weighted by Crippen LogP contribution is -2.19. The Balaban J connectivity index is 1.91. The number of aromatic nitrogens is 3. The van der Waals surface area contributed by atoms with Crippen molar-refractivity contribution in [3.05, 3.63) is 39.4 Å². The molecule has 112 valence electrons. The second kappa shape index (κ2) is 5.21. The smallest absolute Gasteiger partial charge is 0.259 e. The van der Waals surface area contributed by atoms with E-state index >= 15 is 0 Å². The zero-order chi connectivity index (χ0) is 15.1. The summed E-state index contributed by atoms with van der Waals surface area (Å²) in [7, 11) is 0. The van der Waals surface area contributed by atoms with Crippen molar-refractivity contribution in [1.29, 1.82) is 0 Å². The molecule has 0 saturated heterocycles. The molecule has 0 atom stereocenters. The Morgan fingerprint density at radius 3 is 2.77 bits per heavy atom. The highest BCUT2D eigenvalue weighted by atomic mass is 32.1. The molecule has 0 bridgehead atoms. The third-order valence-corrected chi connectivity index (χ3v) is 4.97. The van der Waals surface area contributed by atoms with E-state index in [1.165, 1.54) is 0 Å². The lowest BCUT2D eigenvalue weighted by atomic mass is 9.94. The van der Waals surface area contributed by atoms with E-state index in [9.17, 15) is 9.59 Å². The minimum absolute atomic E-state index is 0.114. The van der Waals surface area contributed by atoms with Gasteiger partial charge in [-0.2, -0.15) is 16.4 Å². The van der Waals surface area contributed by atoms with Crippen molar-refractivity contribution in [1.82, 2.24) is 14.8 Å². The molecule has 22 heavy (non-hydrogen) atoms. The first kappa shape index (κ1) is 13.5. The molecule has 1 aliphatic carbocycles. The fourth-order valence-corrected chi connectivity index (χ4v) is 3.79. The number of carbonyl (C=O) groups excluding carboxylic acids is 1. The average molecular weight is 313 g/mol. The summed E-state index contributed by atoms with van der Waals surface area (Å²) in [5.41, 5.74) is 2.44. The third kappa shape index (κ3) is 2.11. The van der Waals surface area contributed by atoms with E-state index in [4.69, 9.17) is 5.10 Å². The SMILES string of the molecule is O=C1CCC(n2nc(-c3ccsc3)c3c(=O)[nH]ccc32)CC1. The number of pyridine rings is 1. The lowest BCUT2D eigenvalue weighted by Gasteiger charge is -2.22. The van der Waals surface area contributed by atoms with E-state index in [1.54, 1.807) is 17.5 Å². The van der Waals surface area contributed by atoms with Crippen LogP contribution in [0.4, 0.5) is 0 Å². The Labute approximate surface area is 130 Å². The van der Waals surface area contributed by atoms with Crippen LogP contribution in [0.2, 0.25) is 0 Å². The van der Waals surface area contributed by atoms with Crippen molar-refractivity contribution in [3.8, 4) is 11.3 Å². The predicted molar refractivity (Wildman–Crippen MR) is 86.2 cm³/mol. The van der Waals surface area contributed by atoms with Crippen molar-refractivity contribution in [2.24, 2.45) is 0 Å². The van der Waals surface area contributed by atoms with Gasteiger partial charge < -0.3 is 4.98 Å². The van der Waals surface area contributed by atoms with Crippen LogP contribution in [-0.4, -0.2) is 20.5 Å². The Kier molecular flexibility index (Phi) is 3.18. The number of nitrogens with one attached hydrogen (secondary N) is 1. The van der Waals surface area contributed by atoms with Gasteiger partial charge in [0.1, 0.15) is 11.5 Å². The third-order valence-electron chi connectivity index (χ3n) is 4.28. The van der Waals surface area contributed by atoms with E-state index in [0.717, 1.165) is 29.6 Å². The van der Waals surface area contributed by atoms with Crippen molar-refractivity contribution in [3.63, 3.8) is 0 Å². The molecule has 0 amide bonds. The van der Waals surface area contributed by atoms with Crippen LogP contribution in [0.1, 0.15) is 31.7 Å². The molecule has 0 aliphatic heterocycles. The van der Waals surface area contributed by atoms with Gasteiger partial charge in [0.05, 0.1) is 16.9 Å². The number of fused-ring (bicyclic) bond motifs is 1. The maximum absolute atomic E-state index is 12.3. The summed E-state index contributed by atoms with van der Waals surface area (Å²) < 4.78 is 1.95. The first-order chi connectivity index (χ1) is 10.7. The van der Waals surface area contributed by atoms with Crippen molar-refractivity contribution >= 4 is 28.0 Å². The van der Waals surface area contributed by atoms with E-state index in [-0.39, 0.29) is 11.6 Å². The normalized spacial score (nSPS) is 16.5. The second-order valence-corrected chi connectivity index (χ2v) is 6.42. The minimum Gasteiger partial charge on any atom is -0.328 e. The van der Waals surface area contributed by atoms with Crippen LogP contribution in [0, 0.1) is 0 Å². The predicted octanol–water partition coefficient (Wildman–Crippen LogP) is 3.14. The van der Waals surface area contributed by atoms with Crippen LogP contribution in [0.25, 0.3) is 22.2 Å². The number of Topliss-reactive ketones (excluding diaryl/α,β-unsaturated/α-hetero) is 1. The molecule has 3 aromatic heterocycles. The number of H-pyrrole nitrogens is 1. The summed E-state index contributed by atoms with van der Waals surface area (Å²) in [4.78, 5) is 26.5. The fourth-order valence-electron chi connectivity index (χ4n) is 3.15. The molecule has 0 spiro atoms. The maximum Gasteiger partial charge on any atom is 0.259 e. The Bertz CT molecular complexity index is 882. The standard InChI is InChI=1S/C16H15N3O2S/c20-12-3-1-11(2-4-12)19-13-5-7-17-16(21)14(13)15(18-19)10-6-8-22-9-10/h5-9,11H,1-4H2,(H,17,21). The van der Waals surface area contributed by atoms with Crippen LogP contribution in [0.3, 0.4) is 0 Å². The minimum atomic E-state index is -0.114. The first-order valence-corrected chi connectivity index (χ1v) is 8.32. The van der Waals surface area contributed by atoms with Crippen LogP contribution in [-0.2, 0) is 4.79 Å². The van der Waals surface area contributed by atoms with Crippen molar-refractivity contribution in [2.75, 3.05) is 0 Å². The lowest BCUT2D eigenvalue weighted by molar-refractivity contribution is -0.120. The molecule has 0 unspecified atom stereocenters. The second-order valence-electron chi connectivity index (χ2n) is 5.64. The summed E-state index contributed by atoms with van der Waals surface area (Å²) in [6.07, 6.45) is 4.46. The highest BCUT2D eigenvalue weighted by Gasteiger charge is 2.25. The van der Waals surface area contributed by atoms with Crippen LogP contribution >= 0.6 is 11.3 Å². The number of carbonyl (C=O) groups is 1. The zero-order valence-electron chi connectivity index (χ0n) is 11.9. The molecular formula is C16H15N3O2S. The van der Waals surface area contributed by atoms with Gasteiger partial charge >= 0.3 is 0 Å². The number of nitrogens with zero attached hydrogens (tertiary/aromatic N) is 2. The fraction of sp³-hybridized carbons (Fsp3) is 0.312. The van der Waals surface area contributed by atoms with Gasteiger partial charge in [-0.1, -0.05) is 0 Å². The number of hydrogen-bond acceptors (Lipinski definition) is 4. The van der Waals surface area contributed by atoms with Crippen LogP contribution in [0.5, 0.6) is 0 Å². The van der Waals surface area contributed by atoms with Gasteiger partial charge in [-0.15, -0.1) is 0 Å². The summed E-state index contributed by atoms with van der Waals surface area (Å²) in [6.45, 7) is 0. The summed E-state index contributed by atoms with van der Waals surface area (Å²) in [5, 5.41) is 9.36. The molecule has 3 heterocycles. The molecule has 0 radical (unpaired) electrons.